The number of aliphatic carboxylic acids is 2. The molecular formula is C16H26N2O6Y-2. The molecule has 2 rings (SSSR count). The fraction of sp³-hybridized carbons (Fsp3) is 0.812. The van der Waals surface area contributed by atoms with Gasteiger partial charge in [0.05, 0.1) is 17.7 Å². The summed E-state index contributed by atoms with van der Waals surface area (Å²) in [7, 11) is 0. The fourth-order valence-electron chi connectivity index (χ4n) is 3.58. The van der Waals surface area contributed by atoms with E-state index in [2.05, 4.69) is 4.84 Å². The summed E-state index contributed by atoms with van der Waals surface area (Å²) < 4.78 is 0. The van der Waals surface area contributed by atoms with Crippen LogP contribution in [-0.4, -0.2) is 34.7 Å². The quantitative estimate of drug-likeness (QED) is 0.638. The minimum atomic E-state index is -0.930. The van der Waals surface area contributed by atoms with Gasteiger partial charge in [-0.2, -0.15) is 0 Å². The second-order valence-electron chi connectivity index (χ2n) is 6.50. The minimum absolute atomic E-state index is 0. The Morgan fingerprint density at radius 1 is 0.840 bits per heavy atom. The van der Waals surface area contributed by atoms with Crippen molar-refractivity contribution in [1.29, 1.82) is 0 Å². The molecule has 0 heterocycles. The molecule has 25 heavy (non-hydrogen) atoms. The number of hydrogen-bond donors (Lipinski definition) is 2. The Balaban J connectivity index is 0.000000443. The summed E-state index contributed by atoms with van der Waals surface area (Å²) in [4.78, 5) is 36.3. The number of carbonyl (C=O) groups excluding carboxylic acids is 1. The van der Waals surface area contributed by atoms with E-state index in [1.807, 2.05) is 0 Å². The van der Waals surface area contributed by atoms with Crippen LogP contribution in [0.1, 0.15) is 51.4 Å². The zero-order chi connectivity index (χ0) is 18.1. The van der Waals surface area contributed by atoms with Gasteiger partial charge in [0.15, 0.2) is 0 Å². The molecule has 0 saturated heterocycles. The Kier molecular flexibility index (Phi) is 12.4. The molecule has 0 aliphatic heterocycles. The van der Waals surface area contributed by atoms with Crippen molar-refractivity contribution < 1.29 is 62.1 Å². The van der Waals surface area contributed by atoms with E-state index in [1.165, 1.54) is 0 Å². The second-order valence-corrected chi connectivity index (χ2v) is 6.50. The predicted molar refractivity (Wildman–Crippen MR) is 85.8 cm³/mol. The van der Waals surface area contributed by atoms with E-state index in [0.29, 0.717) is 12.8 Å². The molecule has 9 heteroatoms. The Morgan fingerprint density at radius 3 is 1.68 bits per heavy atom. The molecule has 1 radical (unpaired) electrons. The zero-order valence-corrected chi connectivity index (χ0v) is 17.1. The van der Waals surface area contributed by atoms with Crippen LogP contribution in [0.3, 0.4) is 0 Å². The van der Waals surface area contributed by atoms with Crippen LogP contribution in [0.5, 0.6) is 0 Å². The molecule has 4 N–H and O–H groups in total. The SMILES string of the molecule is [NH-]C(=O)C1CCCCC1C(=O)O.[NH-]OCC1CCCCC1C(=O)O.[Y]. The van der Waals surface area contributed by atoms with E-state index in [9.17, 15) is 14.4 Å². The normalized spacial score (nSPS) is 28.7. The summed E-state index contributed by atoms with van der Waals surface area (Å²) in [6.07, 6.45) is 6.53. The van der Waals surface area contributed by atoms with Crippen molar-refractivity contribution >= 4 is 17.8 Å². The summed E-state index contributed by atoms with van der Waals surface area (Å²) in [6.45, 7) is 0.261. The molecule has 0 aromatic carbocycles. The first-order valence-electron chi connectivity index (χ1n) is 8.38. The molecule has 0 aromatic heterocycles. The van der Waals surface area contributed by atoms with Gasteiger partial charge < -0.3 is 31.5 Å². The molecule has 2 fully saturated rings. The molecule has 2 saturated carbocycles. The van der Waals surface area contributed by atoms with Gasteiger partial charge in [-0.3, -0.25) is 9.59 Å². The maximum atomic E-state index is 10.7. The molecule has 2 aliphatic carbocycles. The van der Waals surface area contributed by atoms with E-state index in [0.717, 1.165) is 38.5 Å². The number of carboxylic acids is 2. The third-order valence-corrected chi connectivity index (χ3v) is 4.94. The Hall–Kier alpha value is -0.566. The van der Waals surface area contributed by atoms with Crippen molar-refractivity contribution in [1.82, 2.24) is 0 Å². The molecule has 0 bridgehead atoms. The average molecular weight is 431 g/mol. The third-order valence-electron chi connectivity index (χ3n) is 4.94. The van der Waals surface area contributed by atoms with Crippen LogP contribution in [0.15, 0.2) is 0 Å². The fourth-order valence-corrected chi connectivity index (χ4v) is 3.58. The molecule has 4 unspecified atom stereocenters. The van der Waals surface area contributed by atoms with E-state index in [-0.39, 0.29) is 51.2 Å². The molecule has 0 spiro atoms. The first-order chi connectivity index (χ1) is 11.4. The molecule has 0 aromatic rings. The summed E-state index contributed by atoms with van der Waals surface area (Å²) in [6, 6.07) is 0. The van der Waals surface area contributed by atoms with Crippen LogP contribution in [0.25, 0.3) is 11.6 Å². The van der Waals surface area contributed by atoms with E-state index in [1.54, 1.807) is 0 Å². The molecular weight excluding hydrogens is 405 g/mol. The van der Waals surface area contributed by atoms with E-state index < -0.39 is 29.7 Å². The Labute approximate surface area is 172 Å². The van der Waals surface area contributed by atoms with Crippen molar-refractivity contribution in [3.05, 3.63) is 11.6 Å². The average Bonchev–Trinajstić information content (AvgIpc) is 2.56. The summed E-state index contributed by atoms with van der Waals surface area (Å²) >= 11 is 0. The number of hydrogen-bond acceptors (Lipinski definition) is 4. The summed E-state index contributed by atoms with van der Waals surface area (Å²) in [5.74, 6) is 2.78. The number of amides is 1. The first kappa shape index (κ1) is 24.4. The second kappa shape index (κ2) is 12.7. The number of rotatable bonds is 5. The van der Waals surface area contributed by atoms with Gasteiger partial charge in [-0.05, 0) is 31.6 Å². The van der Waals surface area contributed by atoms with Crippen molar-refractivity contribution in [3.8, 4) is 0 Å². The van der Waals surface area contributed by atoms with Crippen LogP contribution in [0.2, 0.25) is 0 Å². The van der Waals surface area contributed by atoms with Gasteiger partial charge in [0.25, 0.3) is 0 Å². The molecule has 2 aliphatic rings. The minimum Gasteiger partial charge on any atom is -0.668 e. The van der Waals surface area contributed by atoms with Crippen molar-refractivity contribution in [2.75, 3.05) is 6.61 Å². The first-order valence-corrected chi connectivity index (χ1v) is 8.38. The van der Waals surface area contributed by atoms with Crippen molar-refractivity contribution in [2.24, 2.45) is 23.7 Å². The van der Waals surface area contributed by atoms with Gasteiger partial charge in [0, 0.05) is 45.2 Å². The van der Waals surface area contributed by atoms with Crippen LogP contribution in [0.4, 0.5) is 0 Å². The topological polar surface area (TPSA) is 148 Å². The van der Waals surface area contributed by atoms with Crippen molar-refractivity contribution in [3.63, 3.8) is 0 Å². The van der Waals surface area contributed by atoms with E-state index in [4.69, 9.17) is 21.8 Å². The molecule has 141 valence electrons. The number of carboxylic acid groups (broad SMARTS) is 2. The number of nitrogens with one attached hydrogen (secondary N) is 2. The van der Waals surface area contributed by atoms with Crippen LogP contribution < -0.4 is 0 Å². The van der Waals surface area contributed by atoms with Crippen molar-refractivity contribution in [2.45, 2.75) is 51.4 Å². The van der Waals surface area contributed by atoms with E-state index >= 15 is 0 Å². The maximum absolute atomic E-state index is 10.7. The maximum Gasteiger partial charge on any atom is 0.307 e. The summed E-state index contributed by atoms with van der Waals surface area (Å²) in [5.41, 5.74) is 6.89. The molecule has 8 nitrogen and oxygen atoms in total. The molecule has 4 atom stereocenters. The van der Waals surface area contributed by atoms with Crippen LogP contribution >= 0.6 is 0 Å². The van der Waals surface area contributed by atoms with Gasteiger partial charge in [0.1, 0.15) is 0 Å². The van der Waals surface area contributed by atoms with Gasteiger partial charge in [-0.1, -0.05) is 25.7 Å². The Bertz CT molecular complexity index is 424. The van der Waals surface area contributed by atoms with Crippen LogP contribution in [-0.2, 0) is 51.9 Å². The molecule has 1 amide bonds. The number of carbonyl (C=O) groups is 3. The third kappa shape index (κ3) is 8.11. The largest absolute Gasteiger partial charge is 0.668 e. The van der Waals surface area contributed by atoms with Gasteiger partial charge in [-0.15, -0.1) is 0 Å². The smallest absolute Gasteiger partial charge is 0.307 e. The van der Waals surface area contributed by atoms with Crippen LogP contribution in [0, 0.1) is 23.7 Å². The standard InChI is InChI=1S/C8H14NO3.C8H13NO3.Y/c9-12-5-6-3-1-2-4-7(6)8(10)11;9-7(10)5-3-1-2-4-6(5)8(11)12;/h6-7,9H,1-5H2,(H,10,11);5-6H,1-4H2,(H3,9,10,11,12);/q-1;;/p-1. The van der Waals surface area contributed by atoms with Gasteiger partial charge >= 0.3 is 11.9 Å². The predicted octanol–water partition coefficient (Wildman–Crippen LogP) is 3.31. The Morgan fingerprint density at radius 2 is 1.28 bits per heavy atom. The monoisotopic (exact) mass is 431 g/mol. The summed E-state index contributed by atoms with van der Waals surface area (Å²) in [5, 5.41) is 17.5. The zero-order valence-electron chi connectivity index (χ0n) is 14.3. The van der Waals surface area contributed by atoms with Gasteiger partial charge in [0.2, 0.25) is 0 Å². The van der Waals surface area contributed by atoms with Gasteiger partial charge in [-0.25, -0.2) is 0 Å².